The molecule has 0 amide bonds. The summed E-state index contributed by atoms with van der Waals surface area (Å²) in [6, 6.07) is 17.2. The summed E-state index contributed by atoms with van der Waals surface area (Å²) in [4.78, 5) is 0. The predicted octanol–water partition coefficient (Wildman–Crippen LogP) is 3.43. The molecule has 0 fully saturated rings. The van der Waals surface area contributed by atoms with E-state index in [1.165, 1.54) is 27.1 Å². The van der Waals surface area contributed by atoms with Crippen molar-refractivity contribution in [3.05, 3.63) is 54.1 Å². The molecule has 0 radical (unpaired) electrons. The molecule has 0 saturated heterocycles. The van der Waals surface area contributed by atoms with Crippen molar-refractivity contribution >= 4 is 21.5 Å². The normalized spacial score (nSPS) is 14.4. The third-order valence-electron chi connectivity index (χ3n) is 3.59. The molecule has 0 unspecified atom stereocenters. The third kappa shape index (κ3) is 1.39. The maximum absolute atomic E-state index is 5.63. The monoisotopic (exact) mass is 235 g/mol. The van der Waals surface area contributed by atoms with Crippen molar-refractivity contribution in [2.45, 2.75) is 6.54 Å². The highest BCUT2D eigenvalue weighted by Gasteiger charge is 2.13. The Bertz CT molecular complexity index is 749. The van der Waals surface area contributed by atoms with Crippen LogP contribution in [0, 0.1) is 0 Å². The van der Waals surface area contributed by atoms with Crippen molar-refractivity contribution in [2.75, 3.05) is 6.73 Å². The smallest absolute Gasteiger partial charge is 0.139 e. The van der Waals surface area contributed by atoms with E-state index in [0.29, 0.717) is 6.73 Å². The first kappa shape index (κ1) is 9.92. The average molecular weight is 235 g/mol. The Labute approximate surface area is 105 Å². The van der Waals surface area contributed by atoms with Crippen LogP contribution in [0.25, 0.3) is 21.5 Å². The SMILES string of the molecule is c1ccc2cc3c4c(ccc3cc2c1)OCNC4. The zero-order valence-corrected chi connectivity index (χ0v) is 9.94. The number of ether oxygens (including phenoxy) is 1. The van der Waals surface area contributed by atoms with Gasteiger partial charge < -0.3 is 4.74 Å². The quantitative estimate of drug-likeness (QED) is 0.603. The van der Waals surface area contributed by atoms with Crippen molar-refractivity contribution in [1.82, 2.24) is 5.32 Å². The minimum atomic E-state index is 0.603. The molecule has 0 spiro atoms. The van der Waals surface area contributed by atoms with Crippen LogP contribution in [-0.4, -0.2) is 6.73 Å². The van der Waals surface area contributed by atoms with E-state index in [4.69, 9.17) is 4.74 Å². The van der Waals surface area contributed by atoms with Crippen LogP contribution in [-0.2, 0) is 6.54 Å². The molecule has 88 valence electrons. The Morgan fingerprint density at radius 3 is 2.61 bits per heavy atom. The number of fused-ring (bicyclic) bond motifs is 4. The van der Waals surface area contributed by atoms with Gasteiger partial charge >= 0.3 is 0 Å². The van der Waals surface area contributed by atoms with Crippen LogP contribution in [0.5, 0.6) is 5.75 Å². The molecular formula is C16H13NO. The van der Waals surface area contributed by atoms with Gasteiger partial charge in [0.1, 0.15) is 12.5 Å². The lowest BCUT2D eigenvalue weighted by Crippen LogP contribution is -2.25. The predicted molar refractivity (Wildman–Crippen MR) is 73.8 cm³/mol. The summed E-state index contributed by atoms with van der Waals surface area (Å²) < 4.78 is 5.63. The second kappa shape index (κ2) is 3.72. The maximum atomic E-state index is 5.63. The molecule has 0 saturated carbocycles. The topological polar surface area (TPSA) is 21.3 Å². The summed E-state index contributed by atoms with van der Waals surface area (Å²) >= 11 is 0. The number of benzene rings is 3. The maximum Gasteiger partial charge on any atom is 0.139 e. The van der Waals surface area contributed by atoms with Crippen molar-refractivity contribution in [1.29, 1.82) is 0 Å². The van der Waals surface area contributed by atoms with E-state index in [1.807, 2.05) is 0 Å². The molecule has 0 atom stereocenters. The summed E-state index contributed by atoms with van der Waals surface area (Å²) in [5.74, 6) is 1.01. The van der Waals surface area contributed by atoms with Gasteiger partial charge in [0.15, 0.2) is 0 Å². The van der Waals surface area contributed by atoms with Gasteiger partial charge in [-0.1, -0.05) is 30.3 Å². The highest BCUT2D eigenvalue weighted by Crippen LogP contribution is 2.32. The Kier molecular flexibility index (Phi) is 2.05. The van der Waals surface area contributed by atoms with Gasteiger partial charge in [0.25, 0.3) is 0 Å². The highest BCUT2D eigenvalue weighted by molar-refractivity contribution is 6.00. The summed E-state index contributed by atoms with van der Waals surface area (Å²) in [6.45, 7) is 1.48. The molecule has 3 aromatic carbocycles. The van der Waals surface area contributed by atoms with Crippen LogP contribution in [0.15, 0.2) is 48.5 Å². The van der Waals surface area contributed by atoms with Crippen LogP contribution < -0.4 is 10.1 Å². The van der Waals surface area contributed by atoms with Crippen LogP contribution >= 0.6 is 0 Å². The minimum Gasteiger partial charge on any atom is -0.478 e. The first-order chi connectivity index (χ1) is 8.92. The van der Waals surface area contributed by atoms with Gasteiger partial charge in [-0.15, -0.1) is 0 Å². The fraction of sp³-hybridized carbons (Fsp3) is 0.125. The number of rotatable bonds is 0. The van der Waals surface area contributed by atoms with Gasteiger partial charge in [0, 0.05) is 12.1 Å². The molecule has 1 heterocycles. The van der Waals surface area contributed by atoms with Gasteiger partial charge in [0.2, 0.25) is 0 Å². The molecule has 1 aliphatic heterocycles. The van der Waals surface area contributed by atoms with E-state index in [9.17, 15) is 0 Å². The Balaban J connectivity index is 2.11. The second-order valence-corrected chi connectivity index (χ2v) is 4.68. The van der Waals surface area contributed by atoms with Crippen molar-refractivity contribution in [2.24, 2.45) is 0 Å². The molecule has 2 heteroatoms. The lowest BCUT2D eigenvalue weighted by molar-refractivity contribution is 0.258. The zero-order chi connectivity index (χ0) is 11.9. The van der Waals surface area contributed by atoms with Crippen LogP contribution in [0.4, 0.5) is 0 Å². The number of hydrogen-bond donors (Lipinski definition) is 1. The molecule has 0 aromatic heterocycles. The van der Waals surface area contributed by atoms with Gasteiger partial charge in [0.05, 0.1) is 0 Å². The van der Waals surface area contributed by atoms with Crippen molar-refractivity contribution in [3.63, 3.8) is 0 Å². The Morgan fingerprint density at radius 2 is 1.72 bits per heavy atom. The fourth-order valence-electron chi connectivity index (χ4n) is 2.68. The first-order valence-corrected chi connectivity index (χ1v) is 6.20. The Hall–Kier alpha value is -2.06. The number of hydrogen-bond acceptors (Lipinski definition) is 2. The standard InChI is InChI=1S/C16H13NO/c1-2-4-12-8-14-13(7-11(12)3-1)5-6-16-15(14)9-17-10-18-16/h1-8,17H,9-10H2. The second-order valence-electron chi connectivity index (χ2n) is 4.68. The van der Waals surface area contributed by atoms with E-state index in [-0.39, 0.29) is 0 Å². The van der Waals surface area contributed by atoms with E-state index < -0.39 is 0 Å². The van der Waals surface area contributed by atoms with Crippen LogP contribution in [0.2, 0.25) is 0 Å². The van der Waals surface area contributed by atoms with E-state index in [0.717, 1.165) is 12.3 Å². The molecule has 2 nitrogen and oxygen atoms in total. The van der Waals surface area contributed by atoms with Gasteiger partial charge in [-0.05, 0) is 39.7 Å². The highest BCUT2D eigenvalue weighted by atomic mass is 16.5. The summed E-state index contributed by atoms with van der Waals surface area (Å²) in [6.07, 6.45) is 0. The van der Waals surface area contributed by atoms with E-state index in [2.05, 4.69) is 53.8 Å². The molecule has 4 rings (SSSR count). The summed E-state index contributed by atoms with van der Waals surface area (Å²) in [7, 11) is 0. The van der Waals surface area contributed by atoms with E-state index in [1.54, 1.807) is 0 Å². The van der Waals surface area contributed by atoms with Gasteiger partial charge in [-0.2, -0.15) is 0 Å². The molecule has 1 aliphatic rings. The lowest BCUT2D eigenvalue weighted by atomic mass is 9.98. The van der Waals surface area contributed by atoms with Crippen LogP contribution in [0.3, 0.4) is 0 Å². The molecule has 3 aromatic rings. The van der Waals surface area contributed by atoms with Crippen molar-refractivity contribution in [3.8, 4) is 5.75 Å². The zero-order valence-electron chi connectivity index (χ0n) is 9.94. The summed E-state index contributed by atoms with van der Waals surface area (Å²) in [5, 5.41) is 8.39. The number of nitrogens with one attached hydrogen (secondary N) is 1. The molecular weight excluding hydrogens is 222 g/mol. The fourth-order valence-corrected chi connectivity index (χ4v) is 2.68. The van der Waals surface area contributed by atoms with Gasteiger partial charge in [-0.25, -0.2) is 0 Å². The molecule has 0 bridgehead atoms. The molecule has 1 N–H and O–H groups in total. The van der Waals surface area contributed by atoms with Crippen LogP contribution in [0.1, 0.15) is 5.56 Å². The van der Waals surface area contributed by atoms with E-state index >= 15 is 0 Å². The molecule has 18 heavy (non-hydrogen) atoms. The first-order valence-electron chi connectivity index (χ1n) is 6.20. The lowest BCUT2D eigenvalue weighted by Gasteiger charge is -2.20. The van der Waals surface area contributed by atoms with Gasteiger partial charge in [-0.3, -0.25) is 5.32 Å². The average Bonchev–Trinajstić information content (AvgIpc) is 2.45. The summed E-state index contributed by atoms with van der Waals surface area (Å²) in [5.41, 5.74) is 1.27. The largest absolute Gasteiger partial charge is 0.478 e. The van der Waals surface area contributed by atoms with Crippen molar-refractivity contribution < 1.29 is 4.74 Å². The Morgan fingerprint density at radius 1 is 0.889 bits per heavy atom. The third-order valence-corrected chi connectivity index (χ3v) is 3.59. The minimum absolute atomic E-state index is 0.603. The molecule has 0 aliphatic carbocycles.